The van der Waals surface area contributed by atoms with Crippen LogP contribution in [-0.4, -0.2) is 14.3 Å². The second kappa shape index (κ2) is 4.60. The molecular weight excluding hydrogens is 248 g/mol. The average molecular weight is 262 g/mol. The van der Waals surface area contributed by atoms with E-state index in [-0.39, 0.29) is 16.9 Å². The second-order valence-corrected chi connectivity index (χ2v) is 4.11. The smallest absolute Gasteiger partial charge is 0.294 e. The Morgan fingerprint density at radius 3 is 2.68 bits per heavy atom. The number of rotatable bonds is 3. The van der Waals surface area contributed by atoms with Gasteiger partial charge in [-0.1, -0.05) is 6.07 Å². The van der Waals surface area contributed by atoms with Gasteiger partial charge in [-0.05, 0) is 19.9 Å². The molecule has 1 aromatic carbocycles. The van der Waals surface area contributed by atoms with Crippen molar-refractivity contribution in [1.29, 1.82) is 0 Å². The number of nitrogens with two attached hydrogens (primary N) is 1. The molecule has 0 aliphatic carbocycles. The predicted octanol–water partition coefficient (Wildman–Crippen LogP) is 1.46. The predicted molar refractivity (Wildman–Crippen MR) is 71.5 cm³/mol. The van der Waals surface area contributed by atoms with Gasteiger partial charge in [0.2, 0.25) is 0 Å². The molecule has 0 saturated heterocycles. The number of nitro benzene ring substituents is 1. The molecule has 0 unspecified atom stereocenters. The van der Waals surface area contributed by atoms with Gasteiger partial charge in [0.25, 0.3) is 11.2 Å². The maximum atomic E-state index is 12.1. The molecule has 2 aromatic rings. The zero-order valence-electron chi connectivity index (χ0n) is 10.7. The Morgan fingerprint density at radius 1 is 1.42 bits per heavy atom. The van der Waals surface area contributed by atoms with Crippen molar-refractivity contribution >= 4 is 11.4 Å². The first-order chi connectivity index (χ1) is 8.97. The van der Waals surface area contributed by atoms with Crippen molar-refractivity contribution in [3.05, 3.63) is 50.4 Å². The minimum absolute atomic E-state index is 0.0653. The summed E-state index contributed by atoms with van der Waals surface area (Å²) in [6.07, 6.45) is 0. The number of hydrogen-bond donors (Lipinski definition) is 1. The fraction of sp³-hybridized carbons (Fsp3) is 0.250. The summed E-state index contributed by atoms with van der Waals surface area (Å²) in [5.41, 5.74) is 6.54. The van der Waals surface area contributed by atoms with Crippen molar-refractivity contribution in [2.75, 3.05) is 5.73 Å². The van der Waals surface area contributed by atoms with Crippen molar-refractivity contribution < 1.29 is 4.92 Å². The van der Waals surface area contributed by atoms with E-state index in [4.69, 9.17) is 5.73 Å². The van der Waals surface area contributed by atoms with Gasteiger partial charge in [0, 0.05) is 18.7 Å². The Labute approximate surface area is 109 Å². The van der Waals surface area contributed by atoms with Gasteiger partial charge in [0.1, 0.15) is 5.69 Å². The Balaban J connectivity index is 2.72. The third-order valence-electron chi connectivity index (χ3n) is 3.03. The molecular formula is C12H14N4O3. The van der Waals surface area contributed by atoms with Gasteiger partial charge in [0.15, 0.2) is 0 Å². The number of non-ortho nitro benzene ring substituents is 1. The molecule has 1 aromatic heterocycles. The monoisotopic (exact) mass is 262 g/mol. The highest BCUT2D eigenvalue weighted by Crippen LogP contribution is 2.18. The third-order valence-corrected chi connectivity index (χ3v) is 3.03. The van der Waals surface area contributed by atoms with Crippen LogP contribution in [0.3, 0.4) is 0 Å². The first-order valence-corrected chi connectivity index (χ1v) is 5.80. The van der Waals surface area contributed by atoms with E-state index in [0.717, 1.165) is 0 Å². The van der Waals surface area contributed by atoms with Crippen LogP contribution in [0.25, 0.3) is 5.69 Å². The van der Waals surface area contributed by atoms with E-state index in [0.29, 0.717) is 17.9 Å². The van der Waals surface area contributed by atoms with Crippen molar-refractivity contribution in [2.45, 2.75) is 20.4 Å². The SMILES string of the molecule is CCn1c(C)c(N)c(=O)n1-c1cccc([N+](=O)[O-])c1. The number of benzene rings is 1. The molecule has 0 fully saturated rings. The summed E-state index contributed by atoms with van der Waals surface area (Å²) in [6.45, 7) is 4.16. The van der Waals surface area contributed by atoms with E-state index in [1.165, 1.54) is 16.8 Å². The first kappa shape index (κ1) is 12.9. The summed E-state index contributed by atoms with van der Waals surface area (Å²) < 4.78 is 3.05. The lowest BCUT2D eigenvalue weighted by molar-refractivity contribution is -0.384. The van der Waals surface area contributed by atoms with E-state index in [1.807, 2.05) is 6.92 Å². The largest absolute Gasteiger partial charge is 0.393 e. The van der Waals surface area contributed by atoms with Crippen LogP contribution in [0.5, 0.6) is 0 Å². The summed E-state index contributed by atoms with van der Waals surface area (Å²) in [5, 5.41) is 10.8. The Bertz CT molecular complexity index is 699. The number of nitrogens with zero attached hydrogens (tertiary/aromatic N) is 3. The summed E-state index contributed by atoms with van der Waals surface area (Å²) in [4.78, 5) is 22.4. The van der Waals surface area contributed by atoms with Gasteiger partial charge in [-0.25, -0.2) is 4.68 Å². The highest BCUT2D eigenvalue weighted by atomic mass is 16.6. The molecule has 7 heteroatoms. The molecule has 0 saturated carbocycles. The number of anilines is 1. The summed E-state index contributed by atoms with van der Waals surface area (Å²) in [7, 11) is 0. The molecule has 0 radical (unpaired) electrons. The fourth-order valence-electron chi connectivity index (χ4n) is 2.04. The average Bonchev–Trinajstić information content (AvgIpc) is 2.62. The molecule has 7 nitrogen and oxygen atoms in total. The minimum atomic E-state index is -0.496. The molecule has 2 rings (SSSR count). The summed E-state index contributed by atoms with van der Waals surface area (Å²) in [5.74, 6) is 0. The molecule has 19 heavy (non-hydrogen) atoms. The Morgan fingerprint density at radius 2 is 2.11 bits per heavy atom. The van der Waals surface area contributed by atoms with Gasteiger partial charge in [0.05, 0.1) is 16.3 Å². The Hall–Kier alpha value is -2.57. The van der Waals surface area contributed by atoms with Crippen LogP contribution < -0.4 is 11.3 Å². The van der Waals surface area contributed by atoms with Crippen molar-refractivity contribution in [1.82, 2.24) is 9.36 Å². The summed E-state index contributed by atoms with van der Waals surface area (Å²) >= 11 is 0. The lowest BCUT2D eigenvalue weighted by atomic mass is 10.3. The zero-order chi connectivity index (χ0) is 14.2. The van der Waals surface area contributed by atoms with E-state index >= 15 is 0 Å². The molecule has 1 heterocycles. The van der Waals surface area contributed by atoms with Crippen molar-refractivity contribution in [3.63, 3.8) is 0 Å². The molecule has 0 bridgehead atoms. The molecule has 0 aliphatic rings. The normalized spacial score (nSPS) is 10.6. The van der Waals surface area contributed by atoms with E-state index in [2.05, 4.69) is 0 Å². The van der Waals surface area contributed by atoms with Crippen LogP contribution in [-0.2, 0) is 6.54 Å². The van der Waals surface area contributed by atoms with Crippen LogP contribution in [0, 0.1) is 17.0 Å². The van der Waals surface area contributed by atoms with Crippen molar-refractivity contribution in [2.24, 2.45) is 0 Å². The zero-order valence-corrected chi connectivity index (χ0v) is 10.7. The number of hydrogen-bond acceptors (Lipinski definition) is 4. The molecule has 0 spiro atoms. The quantitative estimate of drug-likeness (QED) is 0.669. The van der Waals surface area contributed by atoms with Crippen LogP contribution in [0.4, 0.5) is 11.4 Å². The minimum Gasteiger partial charge on any atom is -0.393 e. The molecule has 0 aliphatic heterocycles. The Kier molecular flexibility index (Phi) is 3.12. The second-order valence-electron chi connectivity index (χ2n) is 4.11. The van der Waals surface area contributed by atoms with Crippen LogP contribution in [0.1, 0.15) is 12.6 Å². The van der Waals surface area contributed by atoms with Crippen LogP contribution in [0.2, 0.25) is 0 Å². The van der Waals surface area contributed by atoms with E-state index in [9.17, 15) is 14.9 Å². The van der Waals surface area contributed by atoms with E-state index in [1.54, 1.807) is 23.7 Å². The lowest BCUT2D eigenvalue weighted by Gasteiger charge is -2.10. The number of aromatic nitrogens is 2. The first-order valence-electron chi connectivity index (χ1n) is 5.80. The van der Waals surface area contributed by atoms with Crippen molar-refractivity contribution in [3.8, 4) is 5.69 Å². The van der Waals surface area contributed by atoms with Gasteiger partial charge in [-0.2, -0.15) is 0 Å². The number of nitro groups is 1. The maximum absolute atomic E-state index is 12.1. The third kappa shape index (κ3) is 1.99. The van der Waals surface area contributed by atoms with E-state index < -0.39 is 4.92 Å². The molecule has 2 N–H and O–H groups in total. The highest BCUT2D eigenvalue weighted by Gasteiger charge is 2.16. The lowest BCUT2D eigenvalue weighted by Crippen LogP contribution is -2.22. The topological polar surface area (TPSA) is 96.1 Å². The molecule has 0 atom stereocenters. The van der Waals surface area contributed by atoms with Crippen LogP contribution in [0.15, 0.2) is 29.1 Å². The highest BCUT2D eigenvalue weighted by molar-refractivity contribution is 5.48. The van der Waals surface area contributed by atoms with Gasteiger partial charge in [-0.15, -0.1) is 0 Å². The standard InChI is InChI=1S/C12H14N4O3/c1-3-14-8(2)11(13)12(17)15(14)9-5-4-6-10(7-9)16(18)19/h4-7H,3,13H2,1-2H3. The van der Waals surface area contributed by atoms with Gasteiger partial charge < -0.3 is 5.73 Å². The molecule has 0 amide bonds. The van der Waals surface area contributed by atoms with Crippen LogP contribution >= 0.6 is 0 Å². The number of nitrogen functional groups attached to an aromatic ring is 1. The summed E-state index contributed by atoms with van der Waals surface area (Å²) in [6, 6.07) is 5.91. The fourth-order valence-corrected chi connectivity index (χ4v) is 2.04. The van der Waals surface area contributed by atoms with Gasteiger partial charge in [-0.3, -0.25) is 19.6 Å². The molecule has 100 valence electrons. The maximum Gasteiger partial charge on any atom is 0.294 e. The van der Waals surface area contributed by atoms with Gasteiger partial charge >= 0.3 is 0 Å².